The summed E-state index contributed by atoms with van der Waals surface area (Å²) in [4.78, 5) is 38.5. The smallest absolute Gasteiger partial charge is 0.306 e. The number of hydrogen-bond donors (Lipinski definition) is 0. The van der Waals surface area contributed by atoms with E-state index < -0.39 is 6.10 Å². The van der Waals surface area contributed by atoms with Crippen molar-refractivity contribution in [3.05, 3.63) is 24.3 Å². The molecule has 0 amide bonds. The fourth-order valence-electron chi connectivity index (χ4n) is 11.6. The van der Waals surface area contributed by atoms with Crippen LogP contribution in [-0.2, 0) is 28.6 Å². The van der Waals surface area contributed by atoms with E-state index in [2.05, 4.69) is 45.1 Å². The Kier molecular flexibility index (Phi) is 69.5. The van der Waals surface area contributed by atoms with Gasteiger partial charge in [0.2, 0.25) is 0 Å². The number of hydrogen-bond acceptors (Lipinski definition) is 6. The summed E-state index contributed by atoms with van der Waals surface area (Å²) in [6.45, 7) is 6.73. The molecule has 0 heterocycles. The molecule has 484 valence electrons. The van der Waals surface area contributed by atoms with Crippen LogP contribution in [0.15, 0.2) is 24.3 Å². The van der Waals surface area contributed by atoms with Crippen LogP contribution in [-0.4, -0.2) is 37.2 Å². The van der Waals surface area contributed by atoms with Gasteiger partial charge in [-0.05, 0) is 70.6 Å². The molecule has 0 aromatic carbocycles. The second-order valence-corrected chi connectivity index (χ2v) is 25.6. The summed E-state index contributed by atoms with van der Waals surface area (Å²) in [6.07, 6.45) is 87.9. The number of unbranched alkanes of at least 4 members (excludes halogenated alkanes) is 55. The van der Waals surface area contributed by atoms with Gasteiger partial charge in [-0.1, -0.05) is 360 Å². The maximum Gasteiger partial charge on any atom is 0.306 e. The van der Waals surface area contributed by atoms with E-state index in [1.54, 1.807) is 0 Å². The summed E-state index contributed by atoms with van der Waals surface area (Å²) in [5.41, 5.74) is 0. The molecule has 6 heteroatoms. The molecule has 0 bridgehead atoms. The summed E-state index contributed by atoms with van der Waals surface area (Å²) in [5.74, 6) is -0.831. The van der Waals surface area contributed by atoms with Crippen molar-refractivity contribution in [1.82, 2.24) is 0 Å². The van der Waals surface area contributed by atoms with E-state index in [1.165, 1.54) is 327 Å². The Labute approximate surface area is 513 Å². The predicted molar refractivity (Wildman–Crippen MR) is 358 cm³/mol. The molecule has 6 nitrogen and oxygen atoms in total. The molecular weight excluding hydrogens is 1010 g/mol. The molecule has 0 saturated heterocycles. The second-order valence-electron chi connectivity index (χ2n) is 25.6. The fraction of sp³-hybridized carbons (Fsp3) is 0.908. The van der Waals surface area contributed by atoms with E-state index in [1.807, 2.05) is 0 Å². The lowest BCUT2D eigenvalue weighted by molar-refractivity contribution is -0.167. The minimum Gasteiger partial charge on any atom is -0.462 e. The molecular formula is C76H144O6. The van der Waals surface area contributed by atoms with Crippen LogP contribution in [0.4, 0.5) is 0 Å². The first-order valence-electron chi connectivity index (χ1n) is 37.3. The van der Waals surface area contributed by atoms with E-state index in [4.69, 9.17) is 14.2 Å². The average molecular weight is 1150 g/mol. The van der Waals surface area contributed by atoms with Gasteiger partial charge in [0.15, 0.2) is 6.10 Å². The van der Waals surface area contributed by atoms with Gasteiger partial charge in [-0.15, -0.1) is 0 Å². The summed E-state index contributed by atoms with van der Waals surface area (Å²) < 4.78 is 17.0. The minimum absolute atomic E-state index is 0.0654. The van der Waals surface area contributed by atoms with Crippen LogP contribution >= 0.6 is 0 Å². The summed E-state index contributed by atoms with van der Waals surface area (Å²) in [6, 6.07) is 0. The largest absolute Gasteiger partial charge is 0.462 e. The highest BCUT2D eigenvalue weighted by Crippen LogP contribution is 2.19. The molecule has 0 N–H and O–H groups in total. The Morgan fingerprint density at radius 3 is 0.610 bits per heavy atom. The molecule has 0 radical (unpaired) electrons. The van der Waals surface area contributed by atoms with Gasteiger partial charge < -0.3 is 14.2 Å². The minimum atomic E-state index is -0.770. The van der Waals surface area contributed by atoms with Crippen LogP contribution in [0.3, 0.4) is 0 Å². The maximum atomic E-state index is 13.0. The van der Waals surface area contributed by atoms with Gasteiger partial charge in [0, 0.05) is 19.3 Å². The van der Waals surface area contributed by atoms with Crippen molar-refractivity contribution >= 4 is 17.9 Å². The number of esters is 3. The Morgan fingerprint density at radius 2 is 0.402 bits per heavy atom. The predicted octanol–water partition coefficient (Wildman–Crippen LogP) is 25.7. The number of carbonyl (C=O) groups excluding carboxylic acids is 3. The molecule has 0 saturated carbocycles. The van der Waals surface area contributed by atoms with E-state index in [0.29, 0.717) is 19.3 Å². The van der Waals surface area contributed by atoms with Crippen LogP contribution in [0.1, 0.15) is 425 Å². The van der Waals surface area contributed by atoms with Crippen molar-refractivity contribution < 1.29 is 28.6 Å². The third-order valence-electron chi connectivity index (χ3n) is 17.2. The zero-order valence-corrected chi connectivity index (χ0v) is 55.8. The molecule has 1 unspecified atom stereocenters. The van der Waals surface area contributed by atoms with E-state index >= 15 is 0 Å². The maximum absolute atomic E-state index is 13.0. The molecule has 0 aliphatic rings. The number of carbonyl (C=O) groups is 3. The van der Waals surface area contributed by atoms with Gasteiger partial charge in [-0.2, -0.15) is 0 Å². The summed E-state index contributed by atoms with van der Waals surface area (Å²) in [5, 5.41) is 0. The van der Waals surface area contributed by atoms with Gasteiger partial charge in [0.25, 0.3) is 0 Å². The van der Waals surface area contributed by atoms with Crippen LogP contribution < -0.4 is 0 Å². The zero-order chi connectivity index (χ0) is 59.2. The zero-order valence-electron chi connectivity index (χ0n) is 55.8. The van der Waals surface area contributed by atoms with Crippen molar-refractivity contribution in [3.8, 4) is 0 Å². The van der Waals surface area contributed by atoms with Crippen molar-refractivity contribution in [3.63, 3.8) is 0 Å². The normalized spacial score (nSPS) is 12.1. The molecule has 0 aromatic heterocycles. The first-order chi connectivity index (χ1) is 40.5. The molecule has 1 atom stereocenters. The number of allylic oxidation sites excluding steroid dienone is 4. The van der Waals surface area contributed by atoms with Crippen molar-refractivity contribution in [1.29, 1.82) is 0 Å². The SMILES string of the molecule is CCCCCCCCCC/C=C\CCCCCCCCCCCCCCCCCC(=O)OCC(COC(=O)CCCCCCCCCCCCCCCCCC)OC(=O)CCCCCCCCCCC/C=C\CCCCCCCCCC. The Hall–Kier alpha value is -2.11. The third-order valence-corrected chi connectivity index (χ3v) is 17.2. The fourth-order valence-corrected chi connectivity index (χ4v) is 11.6. The monoisotopic (exact) mass is 1150 g/mol. The van der Waals surface area contributed by atoms with Gasteiger partial charge in [0.1, 0.15) is 13.2 Å². The molecule has 0 aliphatic carbocycles. The Bertz CT molecular complexity index is 1320. The third kappa shape index (κ3) is 68.7. The van der Waals surface area contributed by atoms with Crippen molar-refractivity contribution in [2.45, 2.75) is 431 Å². The lowest BCUT2D eigenvalue weighted by Crippen LogP contribution is -2.30. The molecule has 0 fully saturated rings. The standard InChI is InChI=1S/C76H144O6/c1-4-7-10-13-16-19-22-25-28-31-33-35-36-37-38-39-40-42-43-45-48-51-54-57-60-63-66-69-75(78)81-72-73(71-80-74(77)68-65-62-59-56-53-50-47-30-27-24-21-18-15-12-9-6-3)82-76(79)70-67-64-61-58-55-52-49-46-44-41-34-32-29-26-23-20-17-14-11-8-5-2/h31-34,73H,4-30,35-72H2,1-3H3/b33-31-,34-32-. The topological polar surface area (TPSA) is 78.9 Å². The van der Waals surface area contributed by atoms with Gasteiger partial charge >= 0.3 is 17.9 Å². The molecule has 0 spiro atoms. The highest BCUT2D eigenvalue weighted by molar-refractivity contribution is 5.71. The average Bonchev–Trinajstić information content (AvgIpc) is 3.47. The van der Waals surface area contributed by atoms with Gasteiger partial charge in [-0.3, -0.25) is 14.4 Å². The van der Waals surface area contributed by atoms with Crippen LogP contribution in [0.2, 0.25) is 0 Å². The summed E-state index contributed by atoms with van der Waals surface area (Å²) in [7, 11) is 0. The highest BCUT2D eigenvalue weighted by atomic mass is 16.6. The highest BCUT2D eigenvalue weighted by Gasteiger charge is 2.20. The van der Waals surface area contributed by atoms with Crippen molar-refractivity contribution in [2.24, 2.45) is 0 Å². The van der Waals surface area contributed by atoms with E-state index in [0.717, 1.165) is 57.8 Å². The first-order valence-corrected chi connectivity index (χ1v) is 37.3. The van der Waals surface area contributed by atoms with Crippen LogP contribution in [0, 0.1) is 0 Å². The molecule has 82 heavy (non-hydrogen) atoms. The first kappa shape index (κ1) is 79.9. The Balaban J connectivity index is 4.24. The van der Waals surface area contributed by atoms with Gasteiger partial charge in [-0.25, -0.2) is 0 Å². The van der Waals surface area contributed by atoms with E-state index in [9.17, 15) is 14.4 Å². The second kappa shape index (κ2) is 71.4. The molecule has 0 aliphatic heterocycles. The molecule has 0 rings (SSSR count). The quantitative estimate of drug-likeness (QED) is 0.0261. The Morgan fingerprint density at radius 1 is 0.232 bits per heavy atom. The lowest BCUT2D eigenvalue weighted by atomic mass is 10.0. The van der Waals surface area contributed by atoms with Crippen LogP contribution in [0.25, 0.3) is 0 Å². The number of rotatable bonds is 70. The number of ether oxygens (including phenoxy) is 3. The summed E-state index contributed by atoms with van der Waals surface area (Å²) >= 11 is 0. The van der Waals surface area contributed by atoms with Crippen molar-refractivity contribution in [2.75, 3.05) is 13.2 Å². The molecule has 0 aromatic rings. The lowest BCUT2D eigenvalue weighted by Gasteiger charge is -2.18. The van der Waals surface area contributed by atoms with E-state index in [-0.39, 0.29) is 31.1 Å². The van der Waals surface area contributed by atoms with Gasteiger partial charge in [0.05, 0.1) is 0 Å². The van der Waals surface area contributed by atoms with Crippen LogP contribution in [0.5, 0.6) is 0 Å².